The number of hydrogen-bond donors (Lipinski definition) is 2. The van der Waals surface area contributed by atoms with Gasteiger partial charge in [0.1, 0.15) is 0 Å². The van der Waals surface area contributed by atoms with Crippen LogP contribution in [0, 0.1) is 5.92 Å². The van der Waals surface area contributed by atoms with Gasteiger partial charge < -0.3 is 10.4 Å². The number of rotatable bonds is 4. The van der Waals surface area contributed by atoms with Crippen LogP contribution in [0.3, 0.4) is 0 Å². The van der Waals surface area contributed by atoms with Gasteiger partial charge in [0.25, 0.3) is 0 Å². The predicted octanol–water partition coefficient (Wildman–Crippen LogP) is 0.334. The summed E-state index contributed by atoms with van der Waals surface area (Å²) in [5, 5.41) is 11.8. The number of aliphatic hydroxyl groups is 1. The van der Waals surface area contributed by atoms with Gasteiger partial charge in [-0.2, -0.15) is 0 Å². The summed E-state index contributed by atoms with van der Waals surface area (Å²) >= 11 is 0. The summed E-state index contributed by atoms with van der Waals surface area (Å²) < 4.78 is 0. The van der Waals surface area contributed by atoms with Crippen LogP contribution in [0.2, 0.25) is 0 Å². The molecule has 5 nitrogen and oxygen atoms in total. The highest BCUT2D eigenvalue weighted by Gasteiger charge is 2.23. The Kier molecular flexibility index (Phi) is 4.06. The van der Waals surface area contributed by atoms with Gasteiger partial charge in [-0.3, -0.25) is 14.7 Å². The number of carbonyl (C=O) groups is 1. The molecule has 1 fully saturated rings. The van der Waals surface area contributed by atoms with Crippen LogP contribution in [-0.2, 0) is 4.79 Å². The minimum atomic E-state index is -0.0187. The summed E-state index contributed by atoms with van der Waals surface area (Å²) in [7, 11) is 0. The van der Waals surface area contributed by atoms with E-state index in [2.05, 4.69) is 15.2 Å². The van der Waals surface area contributed by atoms with E-state index in [1.54, 1.807) is 24.5 Å². The van der Waals surface area contributed by atoms with E-state index < -0.39 is 0 Å². The zero-order valence-corrected chi connectivity index (χ0v) is 9.67. The fraction of sp³-hybridized carbons (Fsp3) is 0.500. The molecule has 92 valence electrons. The topological polar surface area (TPSA) is 65.5 Å². The molecule has 0 saturated carbocycles. The number of hydrogen-bond acceptors (Lipinski definition) is 4. The fourth-order valence-electron chi connectivity index (χ4n) is 2.04. The Balaban J connectivity index is 1.78. The highest BCUT2D eigenvalue weighted by molar-refractivity contribution is 5.92. The van der Waals surface area contributed by atoms with Gasteiger partial charge in [0.2, 0.25) is 5.91 Å². The van der Waals surface area contributed by atoms with Gasteiger partial charge in [-0.05, 0) is 31.0 Å². The number of amides is 1. The van der Waals surface area contributed by atoms with Gasteiger partial charge in [-0.25, -0.2) is 0 Å². The number of nitrogens with zero attached hydrogens (tertiary/aromatic N) is 2. The second-order valence-corrected chi connectivity index (χ2v) is 4.36. The lowest BCUT2D eigenvalue weighted by Gasteiger charge is -2.14. The van der Waals surface area contributed by atoms with E-state index in [0.29, 0.717) is 12.5 Å². The molecule has 0 radical (unpaired) electrons. The maximum Gasteiger partial charge on any atom is 0.238 e. The molecule has 17 heavy (non-hydrogen) atoms. The highest BCUT2D eigenvalue weighted by Crippen LogP contribution is 2.15. The van der Waals surface area contributed by atoms with Crippen molar-refractivity contribution in [3.05, 3.63) is 24.5 Å². The first kappa shape index (κ1) is 12.0. The molecule has 1 aliphatic heterocycles. The van der Waals surface area contributed by atoms with E-state index in [4.69, 9.17) is 5.11 Å². The minimum Gasteiger partial charge on any atom is -0.396 e. The molecule has 0 bridgehead atoms. The van der Waals surface area contributed by atoms with Crippen LogP contribution in [0.25, 0.3) is 0 Å². The summed E-state index contributed by atoms with van der Waals surface area (Å²) in [5.74, 6) is 0.304. The van der Waals surface area contributed by atoms with Crippen LogP contribution in [0.15, 0.2) is 24.5 Å². The maximum absolute atomic E-state index is 11.7. The Morgan fingerprint density at radius 2 is 2.29 bits per heavy atom. The van der Waals surface area contributed by atoms with Crippen LogP contribution in [0.5, 0.6) is 0 Å². The third-order valence-electron chi connectivity index (χ3n) is 2.96. The van der Waals surface area contributed by atoms with E-state index in [1.165, 1.54) is 0 Å². The zero-order chi connectivity index (χ0) is 12.1. The van der Waals surface area contributed by atoms with Gasteiger partial charge in [0, 0.05) is 31.2 Å². The first-order valence-corrected chi connectivity index (χ1v) is 5.81. The normalized spacial score (nSPS) is 20.4. The third kappa shape index (κ3) is 3.51. The second-order valence-electron chi connectivity index (χ2n) is 4.36. The van der Waals surface area contributed by atoms with E-state index in [9.17, 15) is 4.79 Å². The van der Waals surface area contributed by atoms with Crippen LogP contribution in [-0.4, -0.2) is 47.1 Å². The van der Waals surface area contributed by atoms with E-state index in [-0.39, 0.29) is 12.5 Å². The van der Waals surface area contributed by atoms with E-state index in [1.807, 2.05) is 0 Å². The van der Waals surface area contributed by atoms with Crippen LogP contribution < -0.4 is 5.32 Å². The fourth-order valence-corrected chi connectivity index (χ4v) is 2.04. The van der Waals surface area contributed by atoms with E-state index in [0.717, 1.165) is 25.2 Å². The van der Waals surface area contributed by atoms with Crippen molar-refractivity contribution in [1.29, 1.82) is 0 Å². The van der Waals surface area contributed by atoms with Crippen molar-refractivity contribution in [3.8, 4) is 0 Å². The molecule has 1 saturated heterocycles. The lowest BCUT2D eigenvalue weighted by Crippen LogP contribution is -2.31. The summed E-state index contributed by atoms with van der Waals surface area (Å²) in [5.41, 5.74) is 0.767. The van der Waals surface area contributed by atoms with Gasteiger partial charge in [-0.15, -0.1) is 0 Å². The number of aromatic nitrogens is 1. The number of pyridine rings is 1. The second kappa shape index (κ2) is 5.75. The molecule has 1 unspecified atom stereocenters. The Labute approximate surface area is 100 Å². The Hall–Kier alpha value is -1.46. The largest absolute Gasteiger partial charge is 0.396 e. The molecular formula is C12H17N3O2. The van der Waals surface area contributed by atoms with Crippen LogP contribution in [0.4, 0.5) is 5.69 Å². The monoisotopic (exact) mass is 235 g/mol. The Bertz CT molecular complexity index is 369. The smallest absolute Gasteiger partial charge is 0.238 e. The molecule has 1 aromatic rings. The molecule has 1 aliphatic rings. The van der Waals surface area contributed by atoms with Crippen molar-refractivity contribution in [2.75, 3.05) is 31.6 Å². The first-order valence-electron chi connectivity index (χ1n) is 5.81. The summed E-state index contributed by atoms with van der Waals surface area (Å²) in [6, 6.07) is 3.52. The van der Waals surface area contributed by atoms with Gasteiger partial charge in [0.05, 0.1) is 6.54 Å². The van der Waals surface area contributed by atoms with Gasteiger partial charge in [0.15, 0.2) is 0 Å². The zero-order valence-electron chi connectivity index (χ0n) is 9.67. The third-order valence-corrected chi connectivity index (χ3v) is 2.96. The lowest BCUT2D eigenvalue weighted by molar-refractivity contribution is -0.117. The average molecular weight is 235 g/mol. The molecule has 1 aromatic heterocycles. The molecule has 1 atom stereocenters. The average Bonchev–Trinajstić information content (AvgIpc) is 2.78. The quantitative estimate of drug-likeness (QED) is 0.789. The SMILES string of the molecule is O=C(CN1CCC(CO)C1)Nc1ccncc1. The number of likely N-dealkylation sites (tertiary alicyclic amines) is 1. The Morgan fingerprint density at radius 3 is 2.94 bits per heavy atom. The Morgan fingerprint density at radius 1 is 1.53 bits per heavy atom. The van der Waals surface area contributed by atoms with Crippen molar-refractivity contribution < 1.29 is 9.90 Å². The number of aliphatic hydroxyl groups excluding tert-OH is 1. The molecule has 5 heteroatoms. The standard InChI is InChI=1S/C12H17N3O2/c16-9-10-3-6-15(7-10)8-12(17)14-11-1-4-13-5-2-11/h1-2,4-5,10,16H,3,6-9H2,(H,13,14,17). The minimum absolute atomic E-state index is 0.0187. The maximum atomic E-state index is 11.7. The van der Waals surface area contributed by atoms with Crippen molar-refractivity contribution in [1.82, 2.24) is 9.88 Å². The molecule has 0 aliphatic carbocycles. The van der Waals surface area contributed by atoms with Gasteiger partial charge in [-0.1, -0.05) is 0 Å². The molecule has 2 heterocycles. The molecular weight excluding hydrogens is 218 g/mol. The molecule has 2 N–H and O–H groups in total. The lowest BCUT2D eigenvalue weighted by atomic mass is 10.1. The molecule has 1 amide bonds. The van der Waals surface area contributed by atoms with Crippen molar-refractivity contribution in [2.45, 2.75) is 6.42 Å². The molecule has 0 spiro atoms. The first-order chi connectivity index (χ1) is 8.28. The predicted molar refractivity (Wildman–Crippen MR) is 64.5 cm³/mol. The van der Waals surface area contributed by atoms with Crippen molar-refractivity contribution in [2.24, 2.45) is 5.92 Å². The number of nitrogens with one attached hydrogen (secondary N) is 1. The van der Waals surface area contributed by atoms with Crippen molar-refractivity contribution >= 4 is 11.6 Å². The summed E-state index contributed by atoms with van der Waals surface area (Å²) in [4.78, 5) is 17.7. The highest BCUT2D eigenvalue weighted by atomic mass is 16.3. The number of anilines is 1. The van der Waals surface area contributed by atoms with E-state index >= 15 is 0 Å². The van der Waals surface area contributed by atoms with Crippen LogP contribution in [0.1, 0.15) is 6.42 Å². The van der Waals surface area contributed by atoms with Crippen molar-refractivity contribution in [3.63, 3.8) is 0 Å². The van der Waals surface area contributed by atoms with Gasteiger partial charge >= 0.3 is 0 Å². The number of carbonyl (C=O) groups excluding carboxylic acids is 1. The van der Waals surface area contributed by atoms with Crippen LogP contribution >= 0.6 is 0 Å². The molecule has 0 aromatic carbocycles. The summed E-state index contributed by atoms with van der Waals surface area (Å²) in [6.07, 6.45) is 4.26. The summed E-state index contributed by atoms with van der Waals surface area (Å²) in [6.45, 7) is 2.29. The molecule has 2 rings (SSSR count).